The third kappa shape index (κ3) is 4.11. The number of hydrogen-bond acceptors (Lipinski definition) is 5. The van der Waals surface area contributed by atoms with Crippen molar-refractivity contribution in [3.8, 4) is 0 Å². The number of aromatic nitrogens is 1. The van der Waals surface area contributed by atoms with Gasteiger partial charge in [-0.05, 0) is 48.8 Å². The van der Waals surface area contributed by atoms with Crippen LogP contribution in [0.5, 0.6) is 0 Å². The SMILES string of the molecule is OC1(CNCc2ccc(N3CCCC3)nc2)CCSCC1. The molecule has 4 nitrogen and oxygen atoms in total. The Labute approximate surface area is 131 Å². The zero-order valence-corrected chi connectivity index (χ0v) is 13.4. The standard InChI is InChI=1S/C16H25N3OS/c20-16(5-9-21-10-6-16)13-17-11-14-3-4-15(18-12-14)19-7-1-2-8-19/h3-4,12,17,20H,1-2,5-11,13H2. The molecule has 2 N–H and O–H groups in total. The minimum absolute atomic E-state index is 0.506. The number of anilines is 1. The van der Waals surface area contributed by atoms with Crippen molar-refractivity contribution in [2.75, 3.05) is 36.0 Å². The Morgan fingerprint density at radius 3 is 2.67 bits per heavy atom. The van der Waals surface area contributed by atoms with Gasteiger partial charge in [-0.25, -0.2) is 4.98 Å². The number of hydrogen-bond donors (Lipinski definition) is 2. The Kier molecular flexibility index (Phi) is 5.03. The summed E-state index contributed by atoms with van der Waals surface area (Å²) in [5.74, 6) is 3.24. The van der Waals surface area contributed by atoms with Gasteiger partial charge in [0.25, 0.3) is 0 Å². The number of thioether (sulfide) groups is 1. The molecule has 0 saturated carbocycles. The highest BCUT2D eigenvalue weighted by Gasteiger charge is 2.28. The number of nitrogens with zero attached hydrogens (tertiary/aromatic N) is 2. The normalized spacial score (nSPS) is 21.7. The van der Waals surface area contributed by atoms with Crippen molar-refractivity contribution in [1.29, 1.82) is 0 Å². The van der Waals surface area contributed by atoms with Crippen LogP contribution >= 0.6 is 11.8 Å². The average molecular weight is 307 g/mol. The summed E-state index contributed by atoms with van der Waals surface area (Å²) in [4.78, 5) is 6.91. The van der Waals surface area contributed by atoms with E-state index in [-0.39, 0.29) is 0 Å². The third-order valence-corrected chi connectivity index (χ3v) is 5.43. The quantitative estimate of drug-likeness (QED) is 0.872. The predicted octanol–water partition coefficient (Wildman–Crippen LogP) is 2.03. The van der Waals surface area contributed by atoms with E-state index in [1.165, 1.54) is 18.4 Å². The lowest BCUT2D eigenvalue weighted by atomic mass is 9.97. The van der Waals surface area contributed by atoms with Gasteiger partial charge in [0, 0.05) is 32.4 Å². The van der Waals surface area contributed by atoms with E-state index in [4.69, 9.17) is 0 Å². The Bertz CT molecular complexity index is 439. The monoisotopic (exact) mass is 307 g/mol. The van der Waals surface area contributed by atoms with E-state index >= 15 is 0 Å². The summed E-state index contributed by atoms with van der Waals surface area (Å²) in [6, 6.07) is 4.27. The van der Waals surface area contributed by atoms with Gasteiger partial charge in [0.05, 0.1) is 5.60 Å². The maximum atomic E-state index is 10.4. The molecular formula is C16H25N3OS. The highest BCUT2D eigenvalue weighted by Crippen LogP contribution is 2.26. The lowest BCUT2D eigenvalue weighted by Crippen LogP contribution is -2.43. The highest BCUT2D eigenvalue weighted by atomic mass is 32.2. The average Bonchev–Trinajstić information content (AvgIpc) is 3.03. The highest BCUT2D eigenvalue weighted by molar-refractivity contribution is 7.99. The van der Waals surface area contributed by atoms with E-state index in [9.17, 15) is 5.11 Å². The molecule has 3 rings (SSSR count). The molecule has 0 atom stereocenters. The molecule has 116 valence electrons. The van der Waals surface area contributed by atoms with Gasteiger partial charge >= 0.3 is 0 Å². The minimum atomic E-state index is -0.506. The zero-order chi connectivity index (χ0) is 14.5. The van der Waals surface area contributed by atoms with Crippen LogP contribution in [0.2, 0.25) is 0 Å². The van der Waals surface area contributed by atoms with Crippen LogP contribution in [0.25, 0.3) is 0 Å². The first-order valence-electron chi connectivity index (χ1n) is 7.96. The summed E-state index contributed by atoms with van der Waals surface area (Å²) in [5.41, 5.74) is 0.681. The van der Waals surface area contributed by atoms with Crippen LogP contribution < -0.4 is 10.2 Å². The fourth-order valence-corrected chi connectivity index (χ4v) is 4.27. The molecule has 1 aromatic heterocycles. The summed E-state index contributed by atoms with van der Waals surface area (Å²) in [6.45, 7) is 3.73. The molecule has 0 amide bonds. The van der Waals surface area contributed by atoms with Crippen LogP contribution in [0.4, 0.5) is 5.82 Å². The molecular weight excluding hydrogens is 282 g/mol. The molecule has 0 unspecified atom stereocenters. The molecule has 0 aliphatic carbocycles. The van der Waals surface area contributed by atoms with E-state index in [0.717, 1.165) is 49.8 Å². The lowest BCUT2D eigenvalue weighted by Gasteiger charge is -2.32. The Morgan fingerprint density at radius 1 is 1.24 bits per heavy atom. The van der Waals surface area contributed by atoms with Gasteiger partial charge in [-0.1, -0.05) is 6.07 Å². The topological polar surface area (TPSA) is 48.4 Å². The summed E-state index contributed by atoms with van der Waals surface area (Å²) in [6.07, 6.45) is 6.32. The molecule has 0 spiro atoms. The first-order valence-corrected chi connectivity index (χ1v) is 9.11. The van der Waals surface area contributed by atoms with Crippen molar-refractivity contribution in [2.24, 2.45) is 0 Å². The summed E-state index contributed by atoms with van der Waals surface area (Å²) >= 11 is 1.94. The van der Waals surface area contributed by atoms with Crippen LogP contribution in [0, 0.1) is 0 Å². The van der Waals surface area contributed by atoms with Crippen molar-refractivity contribution in [3.63, 3.8) is 0 Å². The van der Waals surface area contributed by atoms with E-state index < -0.39 is 5.60 Å². The van der Waals surface area contributed by atoms with Crippen LogP contribution in [0.1, 0.15) is 31.2 Å². The van der Waals surface area contributed by atoms with Gasteiger partial charge in [0.15, 0.2) is 0 Å². The van der Waals surface area contributed by atoms with Crippen LogP contribution in [-0.4, -0.2) is 46.8 Å². The minimum Gasteiger partial charge on any atom is -0.389 e. The number of nitrogens with one attached hydrogen (secondary N) is 1. The fourth-order valence-electron chi connectivity index (χ4n) is 3.02. The van der Waals surface area contributed by atoms with Gasteiger partial charge < -0.3 is 15.3 Å². The van der Waals surface area contributed by atoms with Crippen LogP contribution in [0.3, 0.4) is 0 Å². The zero-order valence-electron chi connectivity index (χ0n) is 12.6. The van der Waals surface area contributed by atoms with E-state index in [1.54, 1.807) is 0 Å². The summed E-state index contributed by atoms with van der Waals surface area (Å²) < 4.78 is 0. The Balaban J connectivity index is 1.46. The van der Waals surface area contributed by atoms with Crippen molar-refractivity contribution in [2.45, 2.75) is 37.8 Å². The maximum Gasteiger partial charge on any atom is 0.128 e. The molecule has 5 heteroatoms. The molecule has 3 heterocycles. The summed E-state index contributed by atoms with van der Waals surface area (Å²) in [7, 11) is 0. The van der Waals surface area contributed by atoms with Crippen molar-refractivity contribution >= 4 is 17.6 Å². The molecule has 1 aromatic rings. The molecule has 0 aromatic carbocycles. The molecule has 2 saturated heterocycles. The second-order valence-corrected chi connectivity index (χ2v) is 7.38. The predicted molar refractivity (Wildman–Crippen MR) is 88.9 cm³/mol. The van der Waals surface area contributed by atoms with Crippen LogP contribution in [-0.2, 0) is 6.54 Å². The smallest absolute Gasteiger partial charge is 0.128 e. The van der Waals surface area contributed by atoms with E-state index in [1.807, 2.05) is 18.0 Å². The molecule has 0 bridgehead atoms. The van der Waals surface area contributed by atoms with E-state index in [2.05, 4.69) is 27.3 Å². The van der Waals surface area contributed by atoms with Gasteiger partial charge in [-0.15, -0.1) is 0 Å². The molecule has 2 aliphatic heterocycles. The molecule has 2 aliphatic rings. The van der Waals surface area contributed by atoms with Gasteiger partial charge in [-0.2, -0.15) is 11.8 Å². The Morgan fingerprint density at radius 2 is 2.00 bits per heavy atom. The lowest BCUT2D eigenvalue weighted by molar-refractivity contribution is 0.0320. The molecule has 0 radical (unpaired) electrons. The molecule has 2 fully saturated rings. The van der Waals surface area contributed by atoms with Gasteiger partial charge in [0.1, 0.15) is 5.82 Å². The van der Waals surface area contributed by atoms with Gasteiger partial charge in [0.2, 0.25) is 0 Å². The number of aliphatic hydroxyl groups is 1. The first kappa shape index (κ1) is 15.1. The molecule has 21 heavy (non-hydrogen) atoms. The second kappa shape index (κ2) is 6.99. The second-order valence-electron chi connectivity index (χ2n) is 6.16. The number of rotatable bonds is 5. The summed E-state index contributed by atoms with van der Waals surface area (Å²) in [5, 5.41) is 13.8. The fraction of sp³-hybridized carbons (Fsp3) is 0.688. The largest absolute Gasteiger partial charge is 0.389 e. The third-order valence-electron chi connectivity index (χ3n) is 4.45. The first-order chi connectivity index (χ1) is 10.3. The van der Waals surface area contributed by atoms with Gasteiger partial charge in [-0.3, -0.25) is 0 Å². The Hall–Kier alpha value is -0.780. The van der Waals surface area contributed by atoms with Crippen molar-refractivity contribution in [3.05, 3.63) is 23.9 Å². The van der Waals surface area contributed by atoms with Crippen molar-refractivity contribution in [1.82, 2.24) is 10.3 Å². The number of pyridine rings is 1. The van der Waals surface area contributed by atoms with Crippen molar-refractivity contribution < 1.29 is 5.11 Å². The van der Waals surface area contributed by atoms with Crippen LogP contribution in [0.15, 0.2) is 18.3 Å². The van der Waals surface area contributed by atoms with E-state index in [0.29, 0.717) is 6.54 Å². The maximum absolute atomic E-state index is 10.4.